The first-order chi connectivity index (χ1) is 27.5. The van der Waals surface area contributed by atoms with E-state index in [1.807, 2.05) is 0 Å². The predicted molar refractivity (Wildman–Crippen MR) is 211 cm³/mol. The molecule has 1 aromatic heterocycles. The van der Waals surface area contributed by atoms with E-state index in [2.05, 4.69) is 42.2 Å². The van der Waals surface area contributed by atoms with Crippen molar-refractivity contribution in [1.29, 1.82) is 0 Å². The van der Waals surface area contributed by atoms with Gasteiger partial charge in [0.2, 0.25) is 41.4 Å². The third kappa shape index (κ3) is 10.4. The molecule has 20 nitrogen and oxygen atoms in total. The van der Waals surface area contributed by atoms with Crippen LogP contribution < -0.4 is 43.0 Å². The summed E-state index contributed by atoms with van der Waals surface area (Å²) in [6.45, 7) is 5.59. The van der Waals surface area contributed by atoms with Crippen LogP contribution in [0.25, 0.3) is 10.9 Å². The topological polar surface area (TPSA) is 309 Å². The first-order valence-electron chi connectivity index (χ1n) is 19.4. The third-order valence-electron chi connectivity index (χ3n) is 11.0. The van der Waals surface area contributed by atoms with Gasteiger partial charge in [0.05, 0.1) is 30.3 Å². The number of aromatic amines is 1. The van der Waals surface area contributed by atoms with Crippen LogP contribution in [0, 0.1) is 11.8 Å². The number of amides is 7. The molecule has 3 aliphatic rings. The molecule has 2 aromatic rings. The molecule has 13 N–H and O–H groups in total. The number of carbonyl (C=O) groups is 7. The summed E-state index contributed by atoms with van der Waals surface area (Å²) in [4.78, 5) is 101. The summed E-state index contributed by atoms with van der Waals surface area (Å²) in [5.74, 6) is -6.45. The number of aliphatic hydroxyl groups is 3. The Morgan fingerprint density at radius 3 is 2.09 bits per heavy atom. The second-order valence-electron chi connectivity index (χ2n) is 15.1. The summed E-state index contributed by atoms with van der Waals surface area (Å²) in [6, 6.07) is -1.33. The van der Waals surface area contributed by atoms with Gasteiger partial charge < -0.3 is 63.3 Å². The van der Waals surface area contributed by atoms with E-state index in [0.717, 1.165) is 11.8 Å². The van der Waals surface area contributed by atoms with Crippen molar-refractivity contribution >= 4 is 69.7 Å². The summed E-state index contributed by atoms with van der Waals surface area (Å²) < 4.78 is 0. The van der Waals surface area contributed by atoms with Gasteiger partial charge in [-0.1, -0.05) is 40.5 Å². The molecular weight excluding hydrogens is 777 g/mol. The molecule has 21 heteroatoms. The smallest absolute Gasteiger partial charge is 0.244 e. The number of hydrogen-bond acceptors (Lipinski definition) is 13. The maximum absolute atomic E-state index is 14.3. The van der Waals surface area contributed by atoms with Gasteiger partial charge in [0.1, 0.15) is 30.3 Å². The lowest BCUT2D eigenvalue weighted by atomic mass is 9.96. The van der Waals surface area contributed by atoms with Crippen molar-refractivity contribution in [2.45, 2.75) is 107 Å². The quantitative estimate of drug-likeness (QED) is 0.105. The second kappa shape index (κ2) is 19.2. The zero-order valence-electron chi connectivity index (χ0n) is 32.8. The third-order valence-corrected chi connectivity index (χ3v) is 12.1. The van der Waals surface area contributed by atoms with E-state index >= 15 is 0 Å². The lowest BCUT2D eigenvalue weighted by Gasteiger charge is -2.35. The van der Waals surface area contributed by atoms with Crippen molar-refractivity contribution < 1.29 is 48.9 Å². The summed E-state index contributed by atoms with van der Waals surface area (Å²) >= 11 is 1.07. The number of nitrogen functional groups attached to an aromatic ring is 1. The van der Waals surface area contributed by atoms with Crippen molar-refractivity contribution in [1.82, 2.24) is 47.1 Å². The van der Waals surface area contributed by atoms with E-state index in [1.54, 1.807) is 45.9 Å². The molecule has 0 spiro atoms. The van der Waals surface area contributed by atoms with Gasteiger partial charge in [0.25, 0.3) is 0 Å². The molecule has 7 amide bonds. The van der Waals surface area contributed by atoms with Gasteiger partial charge in [-0.05, 0) is 42.0 Å². The highest BCUT2D eigenvalue weighted by atomic mass is 32.2. The Kier molecular flexibility index (Phi) is 14.6. The molecular formula is C37H54N10O10S. The molecule has 2 bridgehead atoms. The van der Waals surface area contributed by atoms with Gasteiger partial charge >= 0.3 is 0 Å². The van der Waals surface area contributed by atoms with Gasteiger partial charge in [-0.25, -0.2) is 0 Å². The predicted octanol–water partition coefficient (Wildman–Crippen LogP) is -3.14. The Hall–Kier alpha value is -4.96. The van der Waals surface area contributed by atoms with E-state index in [9.17, 15) is 48.9 Å². The zero-order chi connectivity index (χ0) is 42.4. The number of thioether (sulfide) groups is 1. The van der Waals surface area contributed by atoms with E-state index in [1.165, 1.54) is 4.90 Å². The maximum Gasteiger partial charge on any atom is 0.244 e. The van der Waals surface area contributed by atoms with Crippen LogP contribution in [-0.2, 0) is 40.0 Å². The molecule has 0 aliphatic carbocycles. The standard InChI is InChI=1S/C37H54N10O10S/c1-5-16(3)28-34(54)40-12-26(49)41-24-15-58-36-21(20-9-18(38)7-8-22(20)43-36)11-23(31(51)39-13-27(50)44-28)42-35(55)29(17(4)6-2)45-33(53)25-10-19(48)14-47(25)30(37(56)57)46-32(24)52/h7-9,16-17,19,23-25,28-30,37,43,48,56-57H,5-6,10-15,38H2,1-4H3,(H,39,51)(H,40,54)(H,41,49)(H,42,55)(H,44,50)(H,45,53)(H,46,52)/t16-,17-,19+,23-,24-,25-,28-,29-,30?/m0/s1. The number of nitrogens with two attached hydrogens (primary N) is 1. The maximum atomic E-state index is 14.3. The Morgan fingerprint density at radius 1 is 0.793 bits per heavy atom. The average molecular weight is 831 g/mol. The molecule has 1 aromatic carbocycles. The van der Waals surface area contributed by atoms with Crippen molar-refractivity contribution in [2.75, 3.05) is 31.1 Å². The number of hydrogen-bond donors (Lipinski definition) is 12. The molecule has 0 radical (unpaired) electrons. The van der Waals surface area contributed by atoms with Crippen LogP contribution in [0.4, 0.5) is 5.69 Å². The van der Waals surface area contributed by atoms with Crippen LogP contribution in [0.2, 0.25) is 0 Å². The number of carbonyl (C=O) groups excluding carboxylic acids is 7. The van der Waals surface area contributed by atoms with E-state index in [-0.39, 0.29) is 25.1 Å². The number of nitrogens with zero attached hydrogens (tertiary/aromatic N) is 1. The fourth-order valence-corrected chi connectivity index (χ4v) is 8.38. The highest BCUT2D eigenvalue weighted by Gasteiger charge is 2.45. The number of benzene rings is 1. The highest BCUT2D eigenvalue weighted by molar-refractivity contribution is 7.99. The van der Waals surface area contributed by atoms with Crippen LogP contribution in [0.1, 0.15) is 52.5 Å². The minimum absolute atomic E-state index is 0.172. The molecule has 318 valence electrons. The number of H-pyrrole nitrogens is 1. The van der Waals surface area contributed by atoms with Crippen molar-refractivity contribution in [3.8, 4) is 0 Å². The van der Waals surface area contributed by atoms with Crippen LogP contribution in [0.15, 0.2) is 23.2 Å². The second-order valence-corrected chi connectivity index (χ2v) is 16.2. The first kappa shape index (κ1) is 44.1. The summed E-state index contributed by atoms with van der Waals surface area (Å²) in [5, 5.41) is 51.2. The van der Waals surface area contributed by atoms with Crippen LogP contribution >= 0.6 is 11.8 Å². The van der Waals surface area contributed by atoms with Gasteiger partial charge in [0.15, 0.2) is 6.29 Å². The molecule has 9 atom stereocenters. The molecule has 58 heavy (non-hydrogen) atoms. The van der Waals surface area contributed by atoms with E-state index in [0.29, 0.717) is 40.0 Å². The lowest BCUT2D eigenvalue weighted by Crippen LogP contribution is -2.63. The molecule has 1 saturated heterocycles. The Bertz CT molecular complexity index is 1890. The molecule has 1 unspecified atom stereocenters. The van der Waals surface area contributed by atoms with E-state index in [4.69, 9.17) is 5.73 Å². The number of anilines is 1. The number of fused-ring (bicyclic) bond motifs is 5. The molecule has 1 fully saturated rings. The van der Waals surface area contributed by atoms with Crippen LogP contribution in [-0.4, -0.2) is 141 Å². The monoisotopic (exact) mass is 830 g/mol. The normalized spacial score (nSPS) is 28.6. The Balaban J connectivity index is 1.67. The Morgan fingerprint density at radius 2 is 1.43 bits per heavy atom. The number of nitrogens with one attached hydrogen (secondary N) is 8. The van der Waals surface area contributed by atoms with Crippen molar-refractivity contribution in [2.24, 2.45) is 11.8 Å². The fourth-order valence-electron chi connectivity index (χ4n) is 7.26. The number of aromatic nitrogens is 1. The summed E-state index contributed by atoms with van der Waals surface area (Å²) in [7, 11) is 0. The SMILES string of the molecule is CC[C@H](C)[C@@H]1NC(=O)CNC(=O)[C@@H]2Cc3c([nH]c4ccc(N)cc34)SC[C@H](NC(=O)CNC1=O)C(=O)NC(C(O)O)N1C[C@H](O)C[C@H]1C(=O)N[C@@H]([C@@H](C)CC)C(=O)N2. The molecule has 5 rings (SSSR count). The average Bonchev–Trinajstić information content (AvgIpc) is 3.74. The summed E-state index contributed by atoms with van der Waals surface area (Å²) in [6.07, 6.45) is -4.58. The molecule has 3 aliphatic heterocycles. The Labute approximate surface area is 338 Å². The lowest BCUT2D eigenvalue weighted by molar-refractivity contribution is -0.147. The minimum Gasteiger partial charge on any atom is -0.399 e. The largest absolute Gasteiger partial charge is 0.399 e. The highest BCUT2D eigenvalue weighted by Crippen LogP contribution is 2.33. The molecule has 0 saturated carbocycles. The number of aliphatic hydroxyl groups excluding tert-OH is 2. The fraction of sp³-hybridized carbons (Fsp3) is 0.595. The van der Waals surface area contributed by atoms with Gasteiger partial charge in [-0.3, -0.25) is 38.5 Å². The minimum atomic E-state index is -2.28. The van der Waals surface area contributed by atoms with Crippen LogP contribution in [0.3, 0.4) is 0 Å². The molecule has 4 heterocycles. The van der Waals surface area contributed by atoms with Gasteiger partial charge in [0, 0.05) is 35.3 Å². The zero-order valence-corrected chi connectivity index (χ0v) is 33.6. The first-order valence-corrected chi connectivity index (χ1v) is 20.4. The van der Waals surface area contributed by atoms with E-state index < -0.39 is 115 Å². The number of rotatable bonds is 5. The van der Waals surface area contributed by atoms with Crippen LogP contribution in [0.5, 0.6) is 0 Å². The van der Waals surface area contributed by atoms with Gasteiger partial charge in [-0.15, -0.1) is 11.8 Å². The van der Waals surface area contributed by atoms with Crippen molar-refractivity contribution in [3.05, 3.63) is 23.8 Å². The van der Waals surface area contributed by atoms with Crippen molar-refractivity contribution in [3.63, 3.8) is 0 Å². The summed E-state index contributed by atoms with van der Waals surface area (Å²) in [5.41, 5.74) is 7.66. The van der Waals surface area contributed by atoms with Gasteiger partial charge in [-0.2, -0.15) is 0 Å².